The van der Waals surface area contributed by atoms with Crippen LogP contribution < -0.4 is 10.6 Å². The Balaban J connectivity index is 3.39. The van der Waals surface area contributed by atoms with Crippen molar-refractivity contribution < 1.29 is 9.59 Å². The summed E-state index contributed by atoms with van der Waals surface area (Å²) >= 11 is 0. The van der Waals surface area contributed by atoms with E-state index in [9.17, 15) is 9.59 Å². The van der Waals surface area contributed by atoms with E-state index in [0.29, 0.717) is 13.3 Å². The van der Waals surface area contributed by atoms with Crippen LogP contribution in [0, 0.1) is 0 Å². The molecule has 5 nitrogen and oxygen atoms in total. The molecule has 0 saturated heterocycles. The summed E-state index contributed by atoms with van der Waals surface area (Å²) in [6.07, 6.45) is 0. The number of carbonyl (C=O) groups excluding carboxylic acids is 2. The third-order valence-electron chi connectivity index (χ3n) is 1.20. The molecule has 0 saturated carbocycles. The monoisotopic (exact) mass is 173 g/mol. The van der Waals surface area contributed by atoms with Crippen LogP contribution in [0.5, 0.6) is 0 Å². The van der Waals surface area contributed by atoms with Gasteiger partial charge in [-0.2, -0.15) is 0 Å². The zero-order chi connectivity index (χ0) is 9.56. The first-order valence-corrected chi connectivity index (χ1v) is 3.70. The highest BCUT2D eigenvalue weighted by Crippen LogP contribution is 1.74. The lowest BCUT2D eigenvalue weighted by molar-refractivity contribution is -0.119. The number of rotatable bonds is 4. The Bertz CT molecular complexity index is 152. The summed E-state index contributed by atoms with van der Waals surface area (Å²) in [5.41, 5.74) is 0. The normalized spacial score (nSPS) is 9.67. The van der Waals surface area contributed by atoms with Crippen LogP contribution in [-0.2, 0) is 9.59 Å². The number of amides is 2. The largest absolute Gasteiger partial charge is 0.344 e. The molecule has 12 heavy (non-hydrogen) atoms. The van der Waals surface area contributed by atoms with E-state index >= 15 is 0 Å². The molecule has 0 heterocycles. The molecule has 0 aromatic rings. The van der Waals surface area contributed by atoms with E-state index < -0.39 is 0 Å². The van der Waals surface area contributed by atoms with Gasteiger partial charge in [0.05, 0.1) is 13.3 Å². The van der Waals surface area contributed by atoms with Crippen molar-refractivity contribution in [3.8, 4) is 0 Å². The van der Waals surface area contributed by atoms with Crippen molar-refractivity contribution in [2.45, 2.75) is 13.8 Å². The molecule has 0 radical (unpaired) electrons. The van der Waals surface area contributed by atoms with E-state index in [-0.39, 0.29) is 11.8 Å². The smallest absolute Gasteiger partial charge is 0.217 e. The molecule has 0 aliphatic rings. The minimum absolute atomic E-state index is 0.0790. The summed E-state index contributed by atoms with van der Waals surface area (Å²) in [7, 11) is 1.80. The second-order valence-electron chi connectivity index (χ2n) is 2.64. The van der Waals surface area contributed by atoms with Crippen LogP contribution in [0.4, 0.5) is 0 Å². The van der Waals surface area contributed by atoms with Crippen molar-refractivity contribution in [1.29, 1.82) is 0 Å². The van der Waals surface area contributed by atoms with E-state index in [1.165, 1.54) is 13.8 Å². The highest BCUT2D eigenvalue weighted by Gasteiger charge is 1.98. The van der Waals surface area contributed by atoms with Gasteiger partial charge in [0.1, 0.15) is 0 Å². The first kappa shape index (κ1) is 10.9. The molecule has 0 bridgehead atoms. The van der Waals surface area contributed by atoms with Crippen molar-refractivity contribution in [3.63, 3.8) is 0 Å². The Morgan fingerprint density at radius 1 is 1.08 bits per heavy atom. The van der Waals surface area contributed by atoms with Crippen LogP contribution in [-0.4, -0.2) is 37.1 Å². The maximum Gasteiger partial charge on any atom is 0.217 e. The second-order valence-corrected chi connectivity index (χ2v) is 2.64. The average molecular weight is 173 g/mol. The second kappa shape index (κ2) is 5.54. The van der Waals surface area contributed by atoms with Gasteiger partial charge in [-0.05, 0) is 7.05 Å². The molecule has 0 aliphatic carbocycles. The van der Waals surface area contributed by atoms with Crippen LogP contribution in [0.3, 0.4) is 0 Å². The number of nitrogens with zero attached hydrogens (tertiary/aromatic N) is 1. The molecule has 5 heteroatoms. The fourth-order valence-corrected chi connectivity index (χ4v) is 0.548. The molecule has 2 amide bonds. The molecule has 0 spiro atoms. The Morgan fingerprint density at radius 2 is 1.42 bits per heavy atom. The molecule has 0 aliphatic heterocycles. The summed E-state index contributed by atoms with van der Waals surface area (Å²) in [4.78, 5) is 22.7. The number of nitrogens with one attached hydrogen (secondary N) is 2. The first-order valence-electron chi connectivity index (χ1n) is 3.70. The minimum Gasteiger partial charge on any atom is -0.344 e. The fraction of sp³-hybridized carbons (Fsp3) is 0.714. The molecule has 0 aromatic heterocycles. The van der Waals surface area contributed by atoms with Gasteiger partial charge in [-0.15, -0.1) is 0 Å². The van der Waals surface area contributed by atoms with E-state index in [1.54, 1.807) is 11.9 Å². The van der Waals surface area contributed by atoms with Crippen molar-refractivity contribution in [2.75, 3.05) is 20.4 Å². The molecular formula is C7H15N3O2. The van der Waals surface area contributed by atoms with Crippen LogP contribution in [0.2, 0.25) is 0 Å². The van der Waals surface area contributed by atoms with Crippen molar-refractivity contribution in [3.05, 3.63) is 0 Å². The fourth-order valence-electron chi connectivity index (χ4n) is 0.548. The molecule has 2 N–H and O–H groups in total. The lowest BCUT2D eigenvalue weighted by atomic mass is 10.6. The van der Waals surface area contributed by atoms with Gasteiger partial charge in [0, 0.05) is 13.8 Å². The summed E-state index contributed by atoms with van der Waals surface area (Å²) in [6.45, 7) is 3.78. The predicted octanol–water partition coefficient (Wildman–Crippen LogP) is -0.895. The zero-order valence-corrected chi connectivity index (χ0v) is 7.68. The third-order valence-corrected chi connectivity index (χ3v) is 1.20. The van der Waals surface area contributed by atoms with E-state index in [0.717, 1.165) is 0 Å². The van der Waals surface area contributed by atoms with Crippen molar-refractivity contribution in [1.82, 2.24) is 15.5 Å². The van der Waals surface area contributed by atoms with Gasteiger partial charge < -0.3 is 10.6 Å². The SMILES string of the molecule is CC(=O)NCN(C)CNC(C)=O. The van der Waals surface area contributed by atoms with Crippen LogP contribution in [0.1, 0.15) is 13.8 Å². The van der Waals surface area contributed by atoms with Gasteiger partial charge in [0.2, 0.25) is 11.8 Å². The summed E-state index contributed by atoms with van der Waals surface area (Å²) < 4.78 is 0. The quantitative estimate of drug-likeness (QED) is 0.542. The van der Waals surface area contributed by atoms with E-state index in [4.69, 9.17) is 0 Å². The molecule has 0 atom stereocenters. The van der Waals surface area contributed by atoms with Crippen LogP contribution >= 0.6 is 0 Å². The van der Waals surface area contributed by atoms with Gasteiger partial charge in [-0.3, -0.25) is 14.5 Å². The molecule has 0 rings (SSSR count). The molecular weight excluding hydrogens is 158 g/mol. The number of carbonyl (C=O) groups is 2. The molecule has 70 valence electrons. The summed E-state index contributed by atoms with van der Waals surface area (Å²) in [5, 5.41) is 5.21. The Labute approximate surface area is 72.1 Å². The molecule has 0 unspecified atom stereocenters. The highest BCUT2D eigenvalue weighted by molar-refractivity contribution is 5.73. The first-order chi connectivity index (χ1) is 5.52. The van der Waals surface area contributed by atoms with Crippen molar-refractivity contribution >= 4 is 11.8 Å². The average Bonchev–Trinajstić information content (AvgIpc) is 1.96. The van der Waals surface area contributed by atoms with E-state index in [1.807, 2.05) is 0 Å². The van der Waals surface area contributed by atoms with Gasteiger partial charge in [0.15, 0.2) is 0 Å². The van der Waals surface area contributed by atoms with Crippen LogP contribution in [0.15, 0.2) is 0 Å². The maximum atomic E-state index is 10.5. The molecule has 0 aromatic carbocycles. The van der Waals surface area contributed by atoms with Gasteiger partial charge in [0.25, 0.3) is 0 Å². The lowest BCUT2D eigenvalue weighted by Gasteiger charge is -2.16. The van der Waals surface area contributed by atoms with E-state index in [2.05, 4.69) is 10.6 Å². The summed E-state index contributed by atoms with van der Waals surface area (Å²) in [5.74, 6) is -0.158. The van der Waals surface area contributed by atoms with Gasteiger partial charge in [-0.25, -0.2) is 0 Å². The Hall–Kier alpha value is -1.10. The number of hydrogen-bond acceptors (Lipinski definition) is 3. The summed E-state index contributed by atoms with van der Waals surface area (Å²) in [6, 6.07) is 0. The van der Waals surface area contributed by atoms with Gasteiger partial charge in [-0.1, -0.05) is 0 Å². The Kier molecular flexibility index (Phi) is 5.03. The maximum absolute atomic E-state index is 10.5. The zero-order valence-electron chi connectivity index (χ0n) is 7.68. The lowest BCUT2D eigenvalue weighted by Crippen LogP contribution is -2.40. The topological polar surface area (TPSA) is 61.4 Å². The minimum atomic E-state index is -0.0790. The predicted molar refractivity (Wildman–Crippen MR) is 45.1 cm³/mol. The van der Waals surface area contributed by atoms with Crippen LogP contribution in [0.25, 0.3) is 0 Å². The Morgan fingerprint density at radius 3 is 1.67 bits per heavy atom. The number of hydrogen-bond donors (Lipinski definition) is 2. The third kappa shape index (κ3) is 7.01. The van der Waals surface area contributed by atoms with Crippen molar-refractivity contribution in [2.24, 2.45) is 0 Å². The highest BCUT2D eigenvalue weighted by atomic mass is 16.2. The standard InChI is InChI=1S/C7H15N3O2/c1-6(11)8-4-10(3)5-9-7(2)12/h4-5H2,1-3H3,(H,8,11)(H,9,12). The van der Waals surface area contributed by atoms with Gasteiger partial charge >= 0.3 is 0 Å². The molecule has 0 fully saturated rings.